The molecule has 8 heteroatoms. The average molecular weight is 346 g/mol. The Kier molecular flexibility index (Phi) is 4.30. The first kappa shape index (κ1) is 15.7. The maximum atomic E-state index is 12.8. The van der Waals surface area contributed by atoms with Gasteiger partial charge in [0, 0.05) is 44.7 Å². The summed E-state index contributed by atoms with van der Waals surface area (Å²) in [6, 6.07) is 0. The second-order valence-electron chi connectivity index (χ2n) is 6.43. The zero-order valence-corrected chi connectivity index (χ0v) is 14.7. The van der Waals surface area contributed by atoms with Gasteiger partial charge in [-0.25, -0.2) is 9.97 Å². The van der Waals surface area contributed by atoms with Crippen LogP contribution in [0.3, 0.4) is 0 Å². The lowest BCUT2D eigenvalue weighted by Crippen LogP contribution is -2.47. The molecule has 2 fully saturated rings. The third kappa shape index (κ3) is 2.83. The van der Waals surface area contributed by atoms with Gasteiger partial charge in [-0.15, -0.1) is 0 Å². The van der Waals surface area contributed by atoms with Gasteiger partial charge in [0.25, 0.3) is 0 Å². The number of nitrogens with zero attached hydrogens (tertiary/aromatic N) is 6. The zero-order chi connectivity index (χ0) is 16.5. The molecule has 4 rings (SSSR count). The Morgan fingerprint density at radius 1 is 1.25 bits per heavy atom. The van der Waals surface area contributed by atoms with Gasteiger partial charge in [0.05, 0.1) is 17.5 Å². The van der Waals surface area contributed by atoms with Crippen molar-refractivity contribution in [2.24, 2.45) is 13.0 Å². The third-order valence-electron chi connectivity index (χ3n) is 4.90. The van der Waals surface area contributed by atoms with Crippen LogP contribution in [0.1, 0.15) is 12.8 Å². The molecule has 0 N–H and O–H groups in total. The molecule has 2 saturated heterocycles. The van der Waals surface area contributed by atoms with Gasteiger partial charge in [-0.3, -0.25) is 9.48 Å². The quantitative estimate of drug-likeness (QED) is 0.813. The molecular formula is C16H22N6OS. The van der Waals surface area contributed by atoms with Crippen LogP contribution in [0.2, 0.25) is 0 Å². The van der Waals surface area contributed by atoms with E-state index in [4.69, 9.17) is 0 Å². The fourth-order valence-electron chi connectivity index (χ4n) is 3.61. The van der Waals surface area contributed by atoms with Gasteiger partial charge in [0.15, 0.2) is 5.65 Å². The molecule has 2 aromatic heterocycles. The highest BCUT2D eigenvalue weighted by atomic mass is 32.2. The van der Waals surface area contributed by atoms with Gasteiger partial charge in [-0.1, -0.05) is 0 Å². The SMILES string of the molecule is Cn1ncc2c(N3CCCC(C(=O)N4CCSCC4)C3)ncnc21. The molecule has 0 radical (unpaired) electrons. The first-order valence-electron chi connectivity index (χ1n) is 8.48. The molecule has 2 aliphatic heterocycles. The molecule has 24 heavy (non-hydrogen) atoms. The topological polar surface area (TPSA) is 67.2 Å². The van der Waals surface area contributed by atoms with E-state index in [1.165, 1.54) is 0 Å². The summed E-state index contributed by atoms with van der Waals surface area (Å²) in [5.74, 6) is 3.41. The summed E-state index contributed by atoms with van der Waals surface area (Å²) in [4.78, 5) is 25.9. The number of aromatic nitrogens is 4. The summed E-state index contributed by atoms with van der Waals surface area (Å²) < 4.78 is 1.76. The van der Waals surface area contributed by atoms with Gasteiger partial charge in [0.1, 0.15) is 12.1 Å². The highest BCUT2D eigenvalue weighted by Gasteiger charge is 2.31. The first-order chi connectivity index (χ1) is 11.7. The number of hydrogen-bond acceptors (Lipinski definition) is 6. The van der Waals surface area contributed by atoms with Crippen molar-refractivity contribution in [2.45, 2.75) is 12.8 Å². The number of thioether (sulfide) groups is 1. The third-order valence-corrected chi connectivity index (χ3v) is 5.84. The smallest absolute Gasteiger partial charge is 0.227 e. The van der Waals surface area contributed by atoms with Crippen molar-refractivity contribution in [3.05, 3.63) is 12.5 Å². The van der Waals surface area contributed by atoms with Crippen molar-refractivity contribution in [2.75, 3.05) is 42.6 Å². The van der Waals surface area contributed by atoms with Gasteiger partial charge in [0.2, 0.25) is 5.91 Å². The Labute approximate surface area is 145 Å². The monoisotopic (exact) mass is 346 g/mol. The van der Waals surface area contributed by atoms with E-state index in [1.54, 1.807) is 11.0 Å². The van der Waals surface area contributed by atoms with Crippen molar-refractivity contribution in [1.29, 1.82) is 0 Å². The molecule has 0 spiro atoms. The predicted octanol–water partition coefficient (Wildman–Crippen LogP) is 1.16. The molecule has 0 aromatic carbocycles. The number of amides is 1. The second kappa shape index (κ2) is 6.58. The largest absolute Gasteiger partial charge is 0.355 e. The van der Waals surface area contributed by atoms with Crippen LogP contribution in [-0.2, 0) is 11.8 Å². The summed E-state index contributed by atoms with van der Waals surface area (Å²) in [6.45, 7) is 3.45. The van der Waals surface area contributed by atoms with Crippen LogP contribution in [0.4, 0.5) is 5.82 Å². The summed E-state index contributed by atoms with van der Waals surface area (Å²) in [7, 11) is 1.88. The van der Waals surface area contributed by atoms with Crippen LogP contribution in [0.25, 0.3) is 11.0 Å². The molecule has 0 bridgehead atoms. The highest BCUT2D eigenvalue weighted by Crippen LogP contribution is 2.28. The summed E-state index contributed by atoms with van der Waals surface area (Å²) in [5, 5.41) is 5.25. The second-order valence-corrected chi connectivity index (χ2v) is 7.65. The fourth-order valence-corrected chi connectivity index (χ4v) is 4.52. The number of rotatable bonds is 2. The van der Waals surface area contributed by atoms with E-state index in [-0.39, 0.29) is 5.92 Å². The Balaban J connectivity index is 1.54. The minimum absolute atomic E-state index is 0.0727. The Hall–Kier alpha value is -1.83. The van der Waals surface area contributed by atoms with Gasteiger partial charge in [-0.2, -0.15) is 16.9 Å². The molecule has 128 valence electrons. The Bertz CT molecular complexity index is 741. The number of piperidine rings is 1. The van der Waals surface area contributed by atoms with Gasteiger partial charge in [-0.05, 0) is 12.8 Å². The van der Waals surface area contributed by atoms with E-state index < -0.39 is 0 Å². The minimum Gasteiger partial charge on any atom is -0.355 e. The first-order valence-corrected chi connectivity index (χ1v) is 9.63. The Morgan fingerprint density at radius 3 is 2.92 bits per heavy atom. The Morgan fingerprint density at radius 2 is 2.08 bits per heavy atom. The van der Waals surface area contributed by atoms with Crippen molar-refractivity contribution in [3.8, 4) is 0 Å². The van der Waals surface area contributed by atoms with Crippen molar-refractivity contribution < 1.29 is 4.79 Å². The van der Waals surface area contributed by atoms with Crippen LogP contribution in [0, 0.1) is 5.92 Å². The summed E-state index contributed by atoms with van der Waals surface area (Å²) in [5.41, 5.74) is 0.835. The van der Waals surface area contributed by atoms with Gasteiger partial charge < -0.3 is 9.80 Å². The van der Waals surface area contributed by atoms with E-state index in [1.807, 2.05) is 29.9 Å². The van der Waals surface area contributed by atoms with Crippen LogP contribution in [0.15, 0.2) is 12.5 Å². The van der Waals surface area contributed by atoms with Crippen molar-refractivity contribution in [1.82, 2.24) is 24.6 Å². The molecular weight excluding hydrogens is 324 g/mol. The van der Waals surface area contributed by atoms with E-state index in [2.05, 4.69) is 20.0 Å². The molecule has 2 aliphatic rings. The lowest BCUT2D eigenvalue weighted by molar-refractivity contribution is -0.135. The number of carbonyl (C=O) groups is 1. The van der Waals surface area contributed by atoms with Crippen molar-refractivity contribution >= 4 is 34.5 Å². The summed E-state index contributed by atoms with van der Waals surface area (Å²) in [6.07, 6.45) is 5.40. The fraction of sp³-hybridized carbons (Fsp3) is 0.625. The lowest BCUT2D eigenvalue weighted by atomic mass is 9.96. The molecule has 0 saturated carbocycles. The lowest BCUT2D eigenvalue weighted by Gasteiger charge is -2.36. The molecule has 0 aliphatic carbocycles. The molecule has 2 aromatic rings. The summed E-state index contributed by atoms with van der Waals surface area (Å²) >= 11 is 1.93. The van der Waals surface area contributed by atoms with E-state index in [9.17, 15) is 4.79 Å². The van der Waals surface area contributed by atoms with Crippen LogP contribution in [-0.4, -0.2) is 68.2 Å². The maximum Gasteiger partial charge on any atom is 0.227 e. The predicted molar refractivity (Wildman–Crippen MR) is 95.1 cm³/mol. The zero-order valence-electron chi connectivity index (χ0n) is 13.9. The van der Waals surface area contributed by atoms with E-state index in [0.717, 1.165) is 67.4 Å². The number of carbonyl (C=O) groups excluding carboxylic acids is 1. The molecule has 1 atom stereocenters. The van der Waals surface area contributed by atoms with Crippen LogP contribution < -0.4 is 4.90 Å². The molecule has 4 heterocycles. The molecule has 7 nitrogen and oxygen atoms in total. The number of hydrogen-bond donors (Lipinski definition) is 0. The maximum absolute atomic E-state index is 12.8. The molecule has 1 unspecified atom stereocenters. The number of anilines is 1. The van der Waals surface area contributed by atoms with Crippen molar-refractivity contribution in [3.63, 3.8) is 0 Å². The highest BCUT2D eigenvalue weighted by molar-refractivity contribution is 7.99. The number of fused-ring (bicyclic) bond motifs is 1. The standard InChI is InChI=1S/C16H22N6OS/c1-20-14-13(9-19-20)15(18-11-17-14)22-4-2-3-12(10-22)16(23)21-5-7-24-8-6-21/h9,11-12H,2-8,10H2,1H3. The average Bonchev–Trinajstić information content (AvgIpc) is 3.03. The van der Waals surface area contributed by atoms with Gasteiger partial charge >= 0.3 is 0 Å². The van der Waals surface area contributed by atoms with E-state index in [0.29, 0.717) is 5.91 Å². The number of aryl methyl sites for hydroxylation is 1. The molecule has 1 amide bonds. The van der Waals surface area contributed by atoms with Crippen LogP contribution in [0.5, 0.6) is 0 Å². The normalized spacial score (nSPS) is 22.1. The van der Waals surface area contributed by atoms with Crippen LogP contribution >= 0.6 is 11.8 Å². The van der Waals surface area contributed by atoms with E-state index >= 15 is 0 Å². The minimum atomic E-state index is 0.0727.